The summed E-state index contributed by atoms with van der Waals surface area (Å²) in [5, 5.41) is 0. The molecule has 0 aromatic carbocycles. The first kappa shape index (κ1) is 16.0. The maximum atomic E-state index is 11.7. The van der Waals surface area contributed by atoms with E-state index >= 15 is 0 Å². The van der Waals surface area contributed by atoms with Gasteiger partial charge in [-0.05, 0) is 0 Å². The van der Waals surface area contributed by atoms with Gasteiger partial charge in [-0.15, -0.1) is 0 Å². The lowest BCUT2D eigenvalue weighted by molar-refractivity contribution is -0.148. The number of hydrogen-bond donors (Lipinski definition) is 0. The van der Waals surface area contributed by atoms with Crippen molar-refractivity contribution in [3.63, 3.8) is 0 Å². The molecule has 0 unspecified atom stereocenters. The third kappa shape index (κ3) is 5.92. The van der Waals surface area contributed by atoms with E-state index < -0.39 is 21.3 Å². The highest BCUT2D eigenvalue weighted by Gasteiger charge is 2.39. The summed E-state index contributed by atoms with van der Waals surface area (Å²) in [7, 11) is 0. The molecule has 0 fully saturated rings. The van der Waals surface area contributed by atoms with Crippen LogP contribution in [0.5, 0.6) is 0 Å². The molecule has 0 N–H and O–H groups in total. The Balaban J connectivity index is 4.70. The van der Waals surface area contributed by atoms with Gasteiger partial charge in [0.15, 0.2) is 6.10 Å². The van der Waals surface area contributed by atoms with Crippen molar-refractivity contribution in [3.05, 3.63) is 0 Å². The van der Waals surface area contributed by atoms with Crippen LogP contribution in [-0.4, -0.2) is 21.6 Å². The van der Waals surface area contributed by atoms with Crippen LogP contribution in [0.1, 0.15) is 34.1 Å². The van der Waals surface area contributed by atoms with Gasteiger partial charge in [-0.25, -0.2) is 0 Å². The number of carbonyl (C=O) groups is 2. The van der Waals surface area contributed by atoms with Crippen molar-refractivity contribution in [2.45, 2.75) is 44.0 Å². The van der Waals surface area contributed by atoms with Crippen LogP contribution >= 0.6 is 34.8 Å². The zero-order valence-electron chi connectivity index (χ0n) is 9.64. The standard InChI is InChI=1S/C10H15Cl3O3/c1-6(14)16-8(10(11,12)13)5-7(15)9(2,3)4/h8H,5H2,1-4H3/t8-/m1/s1. The summed E-state index contributed by atoms with van der Waals surface area (Å²) in [6.07, 6.45) is -1.17. The zero-order chi connectivity index (χ0) is 13.1. The van der Waals surface area contributed by atoms with E-state index in [2.05, 4.69) is 0 Å². The number of Topliss-reactive ketones (excluding diaryl/α,β-unsaturated/α-hetero) is 1. The van der Waals surface area contributed by atoms with Gasteiger partial charge in [0.25, 0.3) is 0 Å². The largest absolute Gasteiger partial charge is 0.458 e. The van der Waals surface area contributed by atoms with E-state index in [-0.39, 0.29) is 12.2 Å². The van der Waals surface area contributed by atoms with Crippen LogP contribution in [-0.2, 0) is 14.3 Å². The van der Waals surface area contributed by atoms with Crippen molar-refractivity contribution in [1.82, 2.24) is 0 Å². The molecule has 16 heavy (non-hydrogen) atoms. The second-order valence-electron chi connectivity index (χ2n) is 4.52. The van der Waals surface area contributed by atoms with Gasteiger partial charge in [0.2, 0.25) is 3.79 Å². The van der Waals surface area contributed by atoms with Crippen LogP contribution in [0.15, 0.2) is 0 Å². The summed E-state index contributed by atoms with van der Waals surface area (Å²) < 4.78 is 3.03. The van der Waals surface area contributed by atoms with E-state index in [0.29, 0.717) is 0 Å². The second kappa shape index (κ2) is 5.56. The van der Waals surface area contributed by atoms with Gasteiger partial charge in [-0.3, -0.25) is 9.59 Å². The molecule has 0 heterocycles. The lowest BCUT2D eigenvalue weighted by Gasteiger charge is -2.26. The summed E-state index contributed by atoms with van der Waals surface area (Å²) in [6.45, 7) is 6.45. The van der Waals surface area contributed by atoms with Gasteiger partial charge < -0.3 is 4.74 Å². The highest BCUT2D eigenvalue weighted by Crippen LogP contribution is 2.35. The van der Waals surface area contributed by atoms with E-state index in [9.17, 15) is 9.59 Å². The topological polar surface area (TPSA) is 43.4 Å². The number of halogens is 3. The van der Waals surface area contributed by atoms with Crippen molar-refractivity contribution in [3.8, 4) is 0 Å². The lowest BCUT2D eigenvalue weighted by Crippen LogP contribution is -2.36. The first-order valence-corrected chi connectivity index (χ1v) is 5.85. The maximum absolute atomic E-state index is 11.7. The molecule has 0 spiro atoms. The predicted octanol–water partition coefficient (Wildman–Crippen LogP) is 3.29. The maximum Gasteiger partial charge on any atom is 0.303 e. The number of rotatable bonds is 3. The Hall–Kier alpha value is 0.01000. The molecule has 0 aliphatic heterocycles. The molecule has 0 amide bonds. The lowest BCUT2D eigenvalue weighted by atomic mass is 9.88. The molecule has 6 heteroatoms. The number of ketones is 1. The average molecular weight is 290 g/mol. The Bertz CT molecular complexity index is 276. The highest BCUT2D eigenvalue weighted by atomic mass is 35.6. The molecule has 3 nitrogen and oxygen atoms in total. The van der Waals surface area contributed by atoms with Gasteiger partial charge in [0.1, 0.15) is 5.78 Å². The van der Waals surface area contributed by atoms with Crippen LogP contribution in [0.4, 0.5) is 0 Å². The second-order valence-corrected chi connectivity index (χ2v) is 6.89. The minimum atomic E-state index is -1.80. The summed E-state index contributed by atoms with van der Waals surface area (Å²) in [6, 6.07) is 0. The van der Waals surface area contributed by atoms with Crippen LogP contribution in [0.25, 0.3) is 0 Å². The number of esters is 1. The Morgan fingerprint density at radius 2 is 1.62 bits per heavy atom. The third-order valence-corrected chi connectivity index (χ3v) is 2.61. The number of hydrogen-bond acceptors (Lipinski definition) is 3. The van der Waals surface area contributed by atoms with Crippen LogP contribution < -0.4 is 0 Å². The summed E-state index contributed by atoms with van der Waals surface area (Å²) in [5.74, 6) is -0.719. The predicted molar refractivity (Wildman–Crippen MR) is 64.9 cm³/mol. The SMILES string of the molecule is CC(=O)O[C@H](CC(=O)C(C)(C)C)C(Cl)(Cl)Cl. The van der Waals surface area contributed by atoms with Gasteiger partial charge in [0, 0.05) is 18.8 Å². The zero-order valence-corrected chi connectivity index (χ0v) is 11.9. The molecule has 0 aliphatic carbocycles. The summed E-state index contributed by atoms with van der Waals surface area (Å²) >= 11 is 16.9. The minimum Gasteiger partial charge on any atom is -0.458 e. The highest BCUT2D eigenvalue weighted by molar-refractivity contribution is 6.68. The fourth-order valence-corrected chi connectivity index (χ4v) is 1.26. The van der Waals surface area contributed by atoms with E-state index in [4.69, 9.17) is 39.5 Å². The Morgan fingerprint density at radius 3 is 1.88 bits per heavy atom. The number of carbonyl (C=O) groups excluding carboxylic acids is 2. The molecule has 94 valence electrons. The van der Waals surface area contributed by atoms with Crippen LogP contribution in [0.3, 0.4) is 0 Å². The van der Waals surface area contributed by atoms with Gasteiger partial charge in [-0.2, -0.15) is 0 Å². The summed E-state index contributed by atoms with van der Waals surface area (Å²) in [4.78, 5) is 22.6. The minimum absolute atomic E-state index is 0.112. The Morgan fingerprint density at radius 1 is 1.19 bits per heavy atom. The quantitative estimate of drug-likeness (QED) is 0.591. The number of ether oxygens (including phenoxy) is 1. The van der Waals surface area contributed by atoms with E-state index in [0.717, 1.165) is 0 Å². The van der Waals surface area contributed by atoms with Gasteiger partial charge >= 0.3 is 5.97 Å². The van der Waals surface area contributed by atoms with Crippen molar-refractivity contribution < 1.29 is 14.3 Å². The molecular formula is C10H15Cl3O3. The van der Waals surface area contributed by atoms with Crippen LogP contribution in [0.2, 0.25) is 0 Å². The van der Waals surface area contributed by atoms with Gasteiger partial charge in [0.05, 0.1) is 0 Å². The monoisotopic (exact) mass is 288 g/mol. The molecular weight excluding hydrogens is 274 g/mol. The molecule has 0 radical (unpaired) electrons. The molecule has 1 atom stereocenters. The number of alkyl halides is 3. The van der Waals surface area contributed by atoms with E-state index in [1.165, 1.54) is 6.92 Å². The first-order chi connectivity index (χ1) is 6.94. The fourth-order valence-electron chi connectivity index (χ4n) is 0.899. The van der Waals surface area contributed by atoms with Crippen molar-refractivity contribution in [1.29, 1.82) is 0 Å². The molecule has 0 aromatic heterocycles. The smallest absolute Gasteiger partial charge is 0.303 e. The molecule has 0 aromatic rings. The average Bonchev–Trinajstić information content (AvgIpc) is 1.98. The molecule has 0 rings (SSSR count). The van der Waals surface area contributed by atoms with Gasteiger partial charge in [-0.1, -0.05) is 55.6 Å². The Labute approximate surface area is 110 Å². The molecule has 0 bridgehead atoms. The Kier molecular flexibility index (Phi) is 5.57. The molecule has 0 aliphatic rings. The van der Waals surface area contributed by atoms with Crippen molar-refractivity contribution in [2.75, 3.05) is 0 Å². The van der Waals surface area contributed by atoms with Crippen molar-refractivity contribution >= 4 is 46.6 Å². The van der Waals surface area contributed by atoms with Crippen molar-refractivity contribution in [2.24, 2.45) is 5.41 Å². The molecule has 0 saturated carbocycles. The fraction of sp³-hybridized carbons (Fsp3) is 0.800. The normalized spacial score (nSPS) is 14.4. The molecule has 0 saturated heterocycles. The van der Waals surface area contributed by atoms with E-state index in [1.54, 1.807) is 20.8 Å². The summed E-state index contributed by atoms with van der Waals surface area (Å²) in [5.41, 5.74) is -0.561. The first-order valence-electron chi connectivity index (χ1n) is 4.72. The van der Waals surface area contributed by atoms with Crippen LogP contribution in [0, 0.1) is 5.41 Å². The third-order valence-electron chi connectivity index (χ3n) is 1.88. The van der Waals surface area contributed by atoms with E-state index in [1.807, 2.05) is 0 Å².